The van der Waals surface area contributed by atoms with Gasteiger partial charge in [-0.1, -0.05) is 12.1 Å². The van der Waals surface area contributed by atoms with Crippen LogP contribution in [0.15, 0.2) is 41.8 Å². The first kappa shape index (κ1) is 22.0. The third kappa shape index (κ3) is 6.41. The van der Waals surface area contributed by atoms with Crippen LogP contribution in [0.2, 0.25) is 0 Å². The lowest BCUT2D eigenvalue weighted by atomic mass is 10.2. The van der Waals surface area contributed by atoms with E-state index in [1.54, 1.807) is 19.1 Å². The van der Waals surface area contributed by atoms with Gasteiger partial charge in [0.2, 0.25) is 21.8 Å². The van der Waals surface area contributed by atoms with Crippen LogP contribution in [0.1, 0.15) is 6.92 Å². The standard InChI is InChI=1S/C18H27N5O4S/c1-3-7-20-17(24)13-22-8-10-23(11-9-22)14(2)18(25)21-15-5-4-6-16(12-15)28(19,26)27/h3-6,12,14H,1,7-11,13H2,2H3,(H,20,24)(H,21,25)(H2,19,26,27)/t14-/m1/s1. The van der Waals surface area contributed by atoms with Gasteiger partial charge in [0.15, 0.2) is 0 Å². The largest absolute Gasteiger partial charge is 0.352 e. The highest BCUT2D eigenvalue weighted by molar-refractivity contribution is 7.89. The summed E-state index contributed by atoms with van der Waals surface area (Å²) in [6.07, 6.45) is 1.63. The molecule has 0 bridgehead atoms. The van der Waals surface area contributed by atoms with Crippen LogP contribution in [0.25, 0.3) is 0 Å². The Hall–Kier alpha value is -2.27. The number of nitrogens with one attached hydrogen (secondary N) is 2. The minimum atomic E-state index is -3.83. The van der Waals surface area contributed by atoms with Gasteiger partial charge in [-0.25, -0.2) is 13.6 Å². The summed E-state index contributed by atoms with van der Waals surface area (Å²) in [6.45, 7) is 8.80. The van der Waals surface area contributed by atoms with Crippen molar-refractivity contribution < 1.29 is 18.0 Å². The Morgan fingerprint density at radius 2 is 1.96 bits per heavy atom. The van der Waals surface area contributed by atoms with Gasteiger partial charge < -0.3 is 10.6 Å². The molecule has 1 fully saturated rings. The second-order valence-corrected chi connectivity index (χ2v) is 8.20. The van der Waals surface area contributed by atoms with Gasteiger partial charge in [-0.3, -0.25) is 19.4 Å². The maximum atomic E-state index is 12.5. The molecule has 0 aliphatic carbocycles. The lowest BCUT2D eigenvalue weighted by Gasteiger charge is -2.37. The Balaban J connectivity index is 1.86. The van der Waals surface area contributed by atoms with E-state index in [4.69, 9.17) is 5.14 Å². The molecule has 1 heterocycles. The first-order valence-corrected chi connectivity index (χ1v) is 10.5. The zero-order valence-corrected chi connectivity index (χ0v) is 16.7. The second-order valence-electron chi connectivity index (χ2n) is 6.64. The topological polar surface area (TPSA) is 125 Å². The molecule has 1 aliphatic heterocycles. The molecule has 1 aliphatic rings. The molecule has 1 aromatic carbocycles. The van der Waals surface area contributed by atoms with Gasteiger partial charge >= 0.3 is 0 Å². The van der Waals surface area contributed by atoms with E-state index in [1.165, 1.54) is 18.2 Å². The molecule has 0 aromatic heterocycles. The molecule has 1 saturated heterocycles. The molecule has 28 heavy (non-hydrogen) atoms. The summed E-state index contributed by atoms with van der Waals surface area (Å²) in [4.78, 5) is 28.3. The van der Waals surface area contributed by atoms with Crippen molar-refractivity contribution in [3.8, 4) is 0 Å². The second kappa shape index (κ2) is 9.78. The zero-order chi connectivity index (χ0) is 20.7. The van der Waals surface area contributed by atoms with Crippen molar-refractivity contribution in [1.29, 1.82) is 0 Å². The van der Waals surface area contributed by atoms with E-state index < -0.39 is 16.1 Å². The fraction of sp³-hybridized carbons (Fsp3) is 0.444. The number of nitrogens with zero attached hydrogens (tertiary/aromatic N) is 2. The average Bonchev–Trinajstić information content (AvgIpc) is 2.66. The summed E-state index contributed by atoms with van der Waals surface area (Å²) in [5, 5.41) is 10.6. The van der Waals surface area contributed by atoms with Crippen LogP contribution in [0.5, 0.6) is 0 Å². The number of primary sulfonamides is 1. The van der Waals surface area contributed by atoms with E-state index in [9.17, 15) is 18.0 Å². The molecule has 1 atom stereocenters. The number of nitrogens with two attached hydrogens (primary N) is 1. The summed E-state index contributed by atoms with van der Waals surface area (Å²) in [7, 11) is -3.83. The van der Waals surface area contributed by atoms with Crippen molar-refractivity contribution in [1.82, 2.24) is 15.1 Å². The summed E-state index contributed by atoms with van der Waals surface area (Å²) in [5.74, 6) is -0.280. The highest BCUT2D eigenvalue weighted by atomic mass is 32.2. The van der Waals surface area contributed by atoms with E-state index in [1.807, 2.05) is 9.80 Å². The van der Waals surface area contributed by atoms with Gasteiger partial charge in [-0.15, -0.1) is 6.58 Å². The van der Waals surface area contributed by atoms with E-state index in [0.717, 1.165) is 0 Å². The highest BCUT2D eigenvalue weighted by Crippen LogP contribution is 2.15. The maximum absolute atomic E-state index is 12.5. The molecule has 1 aromatic rings. The fourth-order valence-corrected chi connectivity index (χ4v) is 3.48. The number of carbonyl (C=O) groups excluding carboxylic acids is 2. The molecule has 2 amide bonds. The number of rotatable bonds is 8. The maximum Gasteiger partial charge on any atom is 0.241 e. The summed E-state index contributed by atoms with van der Waals surface area (Å²) >= 11 is 0. The Kier molecular flexibility index (Phi) is 7.69. The molecule has 2 rings (SSSR count). The van der Waals surface area contributed by atoms with Crippen molar-refractivity contribution in [3.05, 3.63) is 36.9 Å². The zero-order valence-electron chi connectivity index (χ0n) is 15.9. The Labute approximate surface area is 165 Å². The number of sulfonamides is 1. The van der Waals surface area contributed by atoms with Crippen LogP contribution in [0.3, 0.4) is 0 Å². The minimum absolute atomic E-state index is 0.0473. The van der Waals surface area contributed by atoms with Crippen molar-refractivity contribution in [2.24, 2.45) is 5.14 Å². The third-order valence-electron chi connectivity index (χ3n) is 4.57. The molecular weight excluding hydrogens is 382 g/mol. The molecule has 0 unspecified atom stereocenters. The molecule has 0 saturated carbocycles. The van der Waals surface area contributed by atoms with Gasteiger partial charge in [0.1, 0.15) is 0 Å². The van der Waals surface area contributed by atoms with Crippen LogP contribution in [0, 0.1) is 0 Å². The number of benzene rings is 1. The van der Waals surface area contributed by atoms with Crippen molar-refractivity contribution in [3.63, 3.8) is 0 Å². The van der Waals surface area contributed by atoms with Crippen LogP contribution in [-0.4, -0.2) is 75.3 Å². The first-order chi connectivity index (χ1) is 13.2. The minimum Gasteiger partial charge on any atom is -0.352 e. The van der Waals surface area contributed by atoms with Gasteiger partial charge in [-0.2, -0.15) is 0 Å². The smallest absolute Gasteiger partial charge is 0.241 e. The Morgan fingerprint density at radius 3 is 2.57 bits per heavy atom. The Bertz CT molecular complexity index is 819. The van der Waals surface area contributed by atoms with E-state index in [-0.39, 0.29) is 16.7 Å². The number of hydrogen-bond donors (Lipinski definition) is 3. The molecule has 0 spiro atoms. The predicted octanol–water partition coefficient (Wildman–Crippen LogP) is -0.419. The first-order valence-electron chi connectivity index (χ1n) is 8.98. The SMILES string of the molecule is C=CCNC(=O)CN1CCN([C@H](C)C(=O)Nc2cccc(S(N)(=O)=O)c2)CC1. The number of piperazine rings is 1. The van der Waals surface area contributed by atoms with Crippen LogP contribution < -0.4 is 15.8 Å². The van der Waals surface area contributed by atoms with Crippen molar-refractivity contribution in [2.45, 2.75) is 17.9 Å². The number of carbonyl (C=O) groups is 2. The third-order valence-corrected chi connectivity index (χ3v) is 5.49. The average molecular weight is 410 g/mol. The molecular formula is C18H27N5O4S. The number of amides is 2. The highest BCUT2D eigenvalue weighted by Gasteiger charge is 2.26. The van der Waals surface area contributed by atoms with Gasteiger partial charge in [0.25, 0.3) is 0 Å². The number of hydrogen-bond acceptors (Lipinski definition) is 6. The normalized spacial score (nSPS) is 16.9. The van der Waals surface area contributed by atoms with Gasteiger partial charge in [0.05, 0.1) is 17.5 Å². The molecule has 4 N–H and O–H groups in total. The molecule has 0 radical (unpaired) electrons. The summed E-state index contributed by atoms with van der Waals surface area (Å²) < 4.78 is 22.9. The van der Waals surface area contributed by atoms with Gasteiger partial charge in [0, 0.05) is 38.4 Å². The molecule has 154 valence electrons. The predicted molar refractivity (Wildman–Crippen MR) is 107 cm³/mol. The van der Waals surface area contributed by atoms with Gasteiger partial charge in [-0.05, 0) is 25.1 Å². The van der Waals surface area contributed by atoms with Crippen LogP contribution in [0.4, 0.5) is 5.69 Å². The summed E-state index contributed by atoms with van der Waals surface area (Å²) in [5.41, 5.74) is 0.376. The lowest BCUT2D eigenvalue weighted by Crippen LogP contribution is -2.54. The van der Waals surface area contributed by atoms with E-state index in [2.05, 4.69) is 17.2 Å². The Morgan fingerprint density at radius 1 is 1.29 bits per heavy atom. The quantitative estimate of drug-likeness (QED) is 0.501. The fourth-order valence-electron chi connectivity index (χ4n) is 2.92. The summed E-state index contributed by atoms with van der Waals surface area (Å²) in [6, 6.07) is 5.45. The van der Waals surface area contributed by atoms with Crippen molar-refractivity contribution >= 4 is 27.5 Å². The lowest BCUT2D eigenvalue weighted by molar-refractivity contribution is -0.124. The van der Waals surface area contributed by atoms with E-state index >= 15 is 0 Å². The van der Waals surface area contributed by atoms with Crippen molar-refractivity contribution in [2.75, 3.05) is 44.6 Å². The molecule has 10 heteroatoms. The number of anilines is 1. The van der Waals surface area contributed by atoms with Crippen LogP contribution >= 0.6 is 0 Å². The monoisotopic (exact) mass is 409 g/mol. The van der Waals surface area contributed by atoms with E-state index in [0.29, 0.717) is 45.0 Å². The van der Waals surface area contributed by atoms with Crippen LogP contribution in [-0.2, 0) is 19.6 Å². The molecule has 9 nitrogen and oxygen atoms in total.